The fraction of sp³-hybridized carbons (Fsp3) is 1.00. The van der Waals surface area contributed by atoms with Crippen LogP contribution in [0.25, 0.3) is 0 Å². The maximum Gasteiger partial charge on any atom is 0.0589 e. The third-order valence-corrected chi connectivity index (χ3v) is 4.64. The Balaban J connectivity index is 1.86. The highest BCUT2D eigenvalue weighted by molar-refractivity contribution is 4.83. The van der Waals surface area contributed by atoms with Gasteiger partial charge in [-0.2, -0.15) is 0 Å². The third-order valence-electron chi connectivity index (χ3n) is 4.64. The van der Waals surface area contributed by atoms with E-state index in [2.05, 4.69) is 22.2 Å². The molecule has 112 valence electrons. The van der Waals surface area contributed by atoms with Crippen LogP contribution in [-0.4, -0.2) is 75.4 Å². The molecule has 4 nitrogen and oxygen atoms in total. The second kappa shape index (κ2) is 8.20. The molecule has 0 aromatic heterocycles. The maximum atomic E-state index is 5.31. The van der Waals surface area contributed by atoms with E-state index in [9.17, 15) is 0 Å². The van der Waals surface area contributed by atoms with E-state index in [1.807, 2.05) is 7.11 Å². The number of hydrogen-bond acceptors (Lipinski definition) is 4. The zero-order valence-corrected chi connectivity index (χ0v) is 12.7. The van der Waals surface area contributed by atoms with E-state index in [0.29, 0.717) is 6.04 Å². The fourth-order valence-corrected chi connectivity index (χ4v) is 3.41. The van der Waals surface area contributed by atoms with Gasteiger partial charge in [-0.15, -0.1) is 0 Å². The van der Waals surface area contributed by atoms with Crippen LogP contribution in [0.1, 0.15) is 32.1 Å². The Kier molecular flexibility index (Phi) is 6.57. The van der Waals surface area contributed by atoms with E-state index in [0.717, 1.165) is 19.2 Å². The highest BCUT2D eigenvalue weighted by Gasteiger charge is 2.25. The van der Waals surface area contributed by atoms with Gasteiger partial charge in [-0.3, -0.25) is 4.90 Å². The zero-order chi connectivity index (χ0) is 13.5. The van der Waals surface area contributed by atoms with Crippen LogP contribution in [-0.2, 0) is 4.74 Å². The topological polar surface area (TPSA) is 27.7 Å². The molecule has 1 N–H and O–H groups in total. The van der Waals surface area contributed by atoms with Crippen molar-refractivity contribution in [3.63, 3.8) is 0 Å². The molecule has 19 heavy (non-hydrogen) atoms. The Morgan fingerprint density at radius 3 is 2.84 bits per heavy atom. The van der Waals surface area contributed by atoms with Gasteiger partial charge in [0.25, 0.3) is 0 Å². The Bertz CT molecular complexity index is 244. The molecular formula is C15H31N3O. The molecule has 0 aromatic rings. The number of likely N-dealkylation sites (tertiary alicyclic amines) is 1. The molecule has 0 aromatic carbocycles. The summed E-state index contributed by atoms with van der Waals surface area (Å²) in [5, 5.41) is 3.63. The van der Waals surface area contributed by atoms with E-state index < -0.39 is 0 Å². The van der Waals surface area contributed by atoms with Gasteiger partial charge in [0.05, 0.1) is 6.61 Å². The van der Waals surface area contributed by atoms with Gasteiger partial charge in [-0.1, -0.05) is 0 Å². The van der Waals surface area contributed by atoms with Crippen molar-refractivity contribution >= 4 is 0 Å². The smallest absolute Gasteiger partial charge is 0.0589 e. The first-order valence-electron chi connectivity index (χ1n) is 7.94. The van der Waals surface area contributed by atoms with Crippen LogP contribution in [0.4, 0.5) is 0 Å². The lowest BCUT2D eigenvalue weighted by atomic mass is 10.1. The van der Waals surface area contributed by atoms with Gasteiger partial charge in [0, 0.05) is 32.3 Å². The summed E-state index contributed by atoms with van der Waals surface area (Å²) < 4.78 is 5.31. The average Bonchev–Trinajstić information content (AvgIpc) is 2.82. The molecule has 0 amide bonds. The molecule has 2 heterocycles. The van der Waals surface area contributed by atoms with Crippen molar-refractivity contribution < 1.29 is 4.74 Å². The quantitative estimate of drug-likeness (QED) is 0.783. The number of rotatable bonds is 6. The summed E-state index contributed by atoms with van der Waals surface area (Å²) >= 11 is 0. The van der Waals surface area contributed by atoms with Crippen LogP contribution in [0.15, 0.2) is 0 Å². The first-order valence-corrected chi connectivity index (χ1v) is 7.94. The van der Waals surface area contributed by atoms with Crippen molar-refractivity contribution in [2.24, 2.45) is 0 Å². The van der Waals surface area contributed by atoms with Gasteiger partial charge >= 0.3 is 0 Å². The predicted molar refractivity (Wildman–Crippen MR) is 79.6 cm³/mol. The molecular weight excluding hydrogens is 238 g/mol. The number of nitrogens with zero attached hydrogens (tertiary/aromatic N) is 2. The lowest BCUT2D eigenvalue weighted by molar-refractivity contribution is 0.105. The van der Waals surface area contributed by atoms with E-state index >= 15 is 0 Å². The minimum atomic E-state index is 0.706. The molecule has 0 bridgehead atoms. The second-order valence-corrected chi connectivity index (χ2v) is 6.17. The van der Waals surface area contributed by atoms with Gasteiger partial charge in [0.1, 0.15) is 0 Å². The lowest BCUT2D eigenvalue weighted by Crippen LogP contribution is -2.45. The van der Waals surface area contributed by atoms with E-state index in [1.165, 1.54) is 58.3 Å². The number of ether oxygens (including phenoxy) is 1. The van der Waals surface area contributed by atoms with Crippen molar-refractivity contribution in [1.29, 1.82) is 0 Å². The van der Waals surface area contributed by atoms with Crippen LogP contribution < -0.4 is 5.32 Å². The summed E-state index contributed by atoms with van der Waals surface area (Å²) in [6.45, 7) is 6.86. The minimum absolute atomic E-state index is 0.706. The molecule has 0 aliphatic carbocycles. The van der Waals surface area contributed by atoms with Crippen LogP contribution in [0.2, 0.25) is 0 Å². The van der Waals surface area contributed by atoms with Gasteiger partial charge in [-0.05, 0) is 58.8 Å². The molecule has 0 spiro atoms. The van der Waals surface area contributed by atoms with Gasteiger partial charge in [0.15, 0.2) is 0 Å². The van der Waals surface area contributed by atoms with Crippen molar-refractivity contribution in [2.75, 3.05) is 53.5 Å². The molecule has 2 fully saturated rings. The Hall–Kier alpha value is -0.160. The third kappa shape index (κ3) is 5.03. The SMILES string of the molecule is COCCN(CC1CCCN1)C1CCCN(C)CC1. The Labute approximate surface area is 118 Å². The minimum Gasteiger partial charge on any atom is -0.383 e. The predicted octanol–water partition coefficient (Wildman–Crippen LogP) is 1.17. The summed E-state index contributed by atoms with van der Waals surface area (Å²) in [4.78, 5) is 5.16. The normalized spacial score (nSPS) is 29.8. The second-order valence-electron chi connectivity index (χ2n) is 6.17. The highest BCUT2D eigenvalue weighted by atomic mass is 16.5. The summed E-state index contributed by atoms with van der Waals surface area (Å²) in [7, 11) is 4.06. The highest BCUT2D eigenvalue weighted by Crippen LogP contribution is 2.18. The van der Waals surface area contributed by atoms with E-state index in [1.54, 1.807) is 0 Å². The van der Waals surface area contributed by atoms with Gasteiger partial charge in [0.2, 0.25) is 0 Å². The maximum absolute atomic E-state index is 5.31. The molecule has 2 saturated heterocycles. The number of hydrogen-bond donors (Lipinski definition) is 1. The molecule has 0 saturated carbocycles. The molecule has 2 atom stereocenters. The summed E-state index contributed by atoms with van der Waals surface area (Å²) in [6.07, 6.45) is 6.68. The molecule has 0 radical (unpaired) electrons. The number of methoxy groups -OCH3 is 1. The van der Waals surface area contributed by atoms with Crippen molar-refractivity contribution in [1.82, 2.24) is 15.1 Å². The van der Waals surface area contributed by atoms with E-state index in [4.69, 9.17) is 4.74 Å². The summed E-state index contributed by atoms with van der Waals surface area (Å²) in [5.74, 6) is 0. The molecule has 2 rings (SSSR count). The number of nitrogens with one attached hydrogen (secondary N) is 1. The standard InChI is InChI=1S/C15H31N3O/c1-17-9-4-6-15(7-10-17)18(11-12-19-2)13-14-5-3-8-16-14/h14-16H,3-13H2,1-2H3. The average molecular weight is 269 g/mol. The van der Waals surface area contributed by atoms with Gasteiger partial charge in [-0.25, -0.2) is 0 Å². The molecule has 2 aliphatic heterocycles. The van der Waals surface area contributed by atoms with Crippen molar-refractivity contribution in [2.45, 2.75) is 44.2 Å². The van der Waals surface area contributed by atoms with Crippen LogP contribution in [0, 0.1) is 0 Å². The first kappa shape index (κ1) is 15.2. The van der Waals surface area contributed by atoms with Crippen molar-refractivity contribution in [3.8, 4) is 0 Å². The molecule has 2 aliphatic rings. The molecule has 4 heteroatoms. The Morgan fingerprint density at radius 1 is 1.21 bits per heavy atom. The first-order chi connectivity index (χ1) is 9.29. The van der Waals surface area contributed by atoms with Crippen LogP contribution in [0.5, 0.6) is 0 Å². The summed E-state index contributed by atoms with van der Waals surface area (Å²) in [6, 6.07) is 1.46. The lowest BCUT2D eigenvalue weighted by Gasteiger charge is -2.33. The Morgan fingerprint density at radius 2 is 2.11 bits per heavy atom. The van der Waals surface area contributed by atoms with Crippen LogP contribution >= 0.6 is 0 Å². The largest absolute Gasteiger partial charge is 0.383 e. The zero-order valence-electron chi connectivity index (χ0n) is 12.7. The summed E-state index contributed by atoms with van der Waals surface area (Å²) in [5.41, 5.74) is 0. The molecule has 2 unspecified atom stereocenters. The fourth-order valence-electron chi connectivity index (χ4n) is 3.41. The van der Waals surface area contributed by atoms with Gasteiger partial charge < -0.3 is 15.0 Å². The monoisotopic (exact) mass is 269 g/mol. The van der Waals surface area contributed by atoms with Crippen molar-refractivity contribution in [3.05, 3.63) is 0 Å². The van der Waals surface area contributed by atoms with Crippen LogP contribution in [0.3, 0.4) is 0 Å². The van der Waals surface area contributed by atoms with E-state index in [-0.39, 0.29) is 0 Å².